The Bertz CT molecular complexity index is 682. The predicted molar refractivity (Wildman–Crippen MR) is 73.6 cm³/mol. The Hall–Kier alpha value is -1.26. The van der Waals surface area contributed by atoms with Gasteiger partial charge in [0.15, 0.2) is 0 Å². The van der Waals surface area contributed by atoms with Crippen LogP contribution in [0.2, 0.25) is 5.02 Å². The first-order valence-corrected chi connectivity index (χ1v) is 7.77. The smallest absolute Gasteiger partial charge is 0.289 e. The van der Waals surface area contributed by atoms with Crippen LogP contribution in [0.1, 0.15) is 5.56 Å². The van der Waals surface area contributed by atoms with Gasteiger partial charge in [-0.1, -0.05) is 11.6 Å². The molecule has 1 saturated heterocycles. The minimum Gasteiger partial charge on any atom is -0.389 e. The van der Waals surface area contributed by atoms with E-state index in [1.165, 1.54) is 13.0 Å². The predicted octanol–water partition coefficient (Wildman–Crippen LogP) is 0.283. The zero-order valence-electron chi connectivity index (χ0n) is 10.9. The van der Waals surface area contributed by atoms with Crippen molar-refractivity contribution in [1.29, 1.82) is 0 Å². The van der Waals surface area contributed by atoms with Gasteiger partial charge in [0.05, 0.1) is 22.0 Å². The number of hydrogen-bond donors (Lipinski definition) is 2. The zero-order chi connectivity index (χ0) is 15.9. The summed E-state index contributed by atoms with van der Waals surface area (Å²) in [4.78, 5) is 9.84. The average molecular weight is 337 g/mol. The summed E-state index contributed by atoms with van der Waals surface area (Å²) in [7, 11) is -4.06. The summed E-state index contributed by atoms with van der Waals surface area (Å²) in [6.07, 6.45) is -2.36. The van der Waals surface area contributed by atoms with Crippen molar-refractivity contribution in [3.8, 4) is 0 Å². The molecule has 2 N–H and O–H groups in total. The van der Waals surface area contributed by atoms with Crippen molar-refractivity contribution in [3.63, 3.8) is 0 Å². The lowest BCUT2D eigenvalue weighted by molar-refractivity contribution is -0.384. The number of nitrogens with zero attached hydrogens (tertiary/aromatic N) is 2. The molecule has 10 heteroatoms. The molecule has 1 heterocycles. The largest absolute Gasteiger partial charge is 0.389 e. The third-order valence-electron chi connectivity index (χ3n) is 3.28. The monoisotopic (exact) mass is 336 g/mol. The van der Waals surface area contributed by atoms with Crippen molar-refractivity contribution in [2.75, 3.05) is 13.1 Å². The van der Waals surface area contributed by atoms with Crippen LogP contribution in [0.15, 0.2) is 17.0 Å². The Balaban J connectivity index is 2.50. The van der Waals surface area contributed by atoms with Gasteiger partial charge in [-0.2, -0.15) is 4.31 Å². The second kappa shape index (κ2) is 5.50. The van der Waals surface area contributed by atoms with Gasteiger partial charge in [0.25, 0.3) is 5.69 Å². The number of aliphatic hydroxyl groups is 2. The van der Waals surface area contributed by atoms with Gasteiger partial charge < -0.3 is 10.2 Å². The molecule has 0 spiro atoms. The first kappa shape index (κ1) is 16.1. The SMILES string of the molecule is Cc1cc(Cl)c([N+](=O)[O-])cc1S(=O)(=O)N1CC(O)C(O)C1. The normalized spacial score (nSPS) is 23.4. The fourth-order valence-corrected chi connectivity index (χ4v) is 4.12. The van der Waals surface area contributed by atoms with Crippen molar-refractivity contribution in [2.45, 2.75) is 24.0 Å². The van der Waals surface area contributed by atoms with Crippen molar-refractivity contribution < 1.29 is 23.6 Å². The van der Waals surface area contributed by atoms with Gasteiger partial charge in [-0.05, 0) is 18.6 Å². The summed E-state index contributed by atoms with van der Waals surface area (Å²) in [5, 5.41) is 29.6. The standard InChI is InChI=1S/C11H13ClN2O6S/c1-6-2-7(12)8(14(17)18)3-11(6)21(19,20)13-4-9(15)10(16)5-13/h2-3,9-10,15-16H,4-5H2,1H3. The maximum Gasteiger partial charge on any atom is 0.289 e. The zero-order valence-corrected chi connectivity index (χ0v) is 12.5. The average Bonchev–Trinajstić information content (AvgIpc) is 2.69. The van der Waals surface area contributed by atoms with E-state index in [9.17, 15) is 28.7 Å². The topological polar surface area (TPSA) is 121 Å². The highest BCUT2D eigenvalue weighted by Gasteiger charge is 2.38. The van der Waals surface area contributed by atoms with E-state index in [0.29, 0.717) is 0 Å². The molecule has 116 valence electrons. The summed E-state index contributed by atoms with van der Waals surface area (Å²) in [6.45, 7) is 0.935. The van der Waals surface area contributed by atoms with Gasteiger partial charge in [0, 0.05) is 19.2 Å². The van der Waals surface area contributed by atoms with E-state index in [-0.39, 0.29) is 28.6 Å². The molecule has 8 nitrogen and oxygen atoms in total. The van der Waals surface area contributed by atoms with E-state index in [1.807, 2.05) is 0 Å². The van der Waals surface area contributed by atoms with Crippen molar-refractivity contribution >= 4 is 27.3 Å². The highest BCUT2D eigenvalue weighted by molar-refractivity contribution is 7.89. The van der Waals surface area contributed by atoms with Crippen molar-refractivity contribution in [2.24, 2.45) is 0 Å². The third-order valence-corrected chi connectivity index (χ3v) is 5.56. The van der Waals surface area contributed by atoms with Crippen LogP contribution in [0.5, 0.6) is 0 Å². The molecule has 1 fully saturated rings. The Labute approximate surface area is 125 Å². The summed E-state index contributed by atoms with van der Waals surface area (Å²) in [5.41, 5.74) is -0.261. The molecule has 2 unspecified atom stereocenters. The molecule has 1 aliphatic heterocycles. The van der Waals surface area contributed by atoms with Crippen LogP contribution in [-0.4, -0.2) is 53.2 Å². The van der Waals surface area contributed by atoms with Gasteiger partial charge in [-0.15, -0.1) is 0 Å². The number of nitro groups is 1. The van der Waals surface area contributed by atoms with Gasteiger partial charge in [0.1, 0.15) is 5.02 Å². The van der Waals surface area contributed by atoms with E-state index in [2.05, 4.69) is 0 Å². The Morgan fingerprint density at radius 1 is 1.33 bits per heavy atom. The minimum atomic E-state index is -4.06. The number of sulfonamides is 1. The molecular formula is C11H13ClN2O6S. The number of aryl methyl sites for hydroxylation is 1. The summed E-state index contributed by atoms with van der Waals surface area (Å²) in [6, 6.07) is 2.10. The number of hydrogen-bond acceptors (Lipinski definition) is 6. The summed E-state index contributed by atoms with van der Waals surface area (Å²) < 4.78 is 25.8. The number of nitro benzene ring substituents is 1. The van der Waals surface area contributed by atoms with Crippen molar-refractivity contribution in [1.82, 2.24) is 4.31 Å². The Morgan fingerprint density at radius 3 is 2.33 bits per heavy atom. The van der Waals surface area contributed by atoms with E-state index < -0.39 is 32.8 Å². The van der Waals surface area contributed by atoms with E-state index >= 15 is 0 Å². The number of aliphatic hydroxyl groups excluding tert-OH is 2. The first-order valence-electron chi connectivity index (χ1n) is 5.95. The third kappa shape index (κ3) is 2.87. The van der Waals surface area contributed by atoms with Gasteiger partial charge in [0.2, 0.25) is 10.0 Å². The second-order valence-electron chi connectivity index (χ2n) is 4.78. The molecule has 0 amide bonds. The maximum absolute atomic E-state index is 12.5. The quantitative estimate of drug-likeness (QED) is 0.604. The molecule has 1 aromatic carbocycles. The molecule has 1 aliphatic rings. The van der Waals surface area contributed by atoms with Gasteiger partial charge in [-0.3, -0.25) is 10.1 Å². The second-order valence-corrected chi connectivity index (χ2v) is 7.10. The number of rotatable bonds is 3. The van der Waals surface area contributed by atoms with E-state index in [0.717, 1.165) is 10.4 Å². The molecule has 0 bridgehead atoms. The first-order chi connectivity index (χ1) is 9.64. The fraction of sp³-hybridized carbons (Fsp3) is 0.455. The molecular weight excluding hydrogens is 324 g/mol. The molecule has 0 aromatic heterocycles. The lowest BCUT2D eigenvalue weighted by Gasteiger charge is -2.17. The molecule has 0 radical (unpaired) electrons. The van der Waals surface area contributed by atoms with Crippen LogP contribution in [0.3, 0.4) is 0 Å². The van der Waals surface area contributed by atoms with Crippen LogP contribution in [0.25, 0.3) is 0 Å². The number of halogens is 1. The molecule has 2 atom stereocenters. The molecule has 0 saturated carbocycles. The number of benzene rings is 1. The summed E-state index contributed by atoms with van der Waals surface area (Å²) in [5.74, 6) is 0. The van der Waals surface area contributed by atoms with E-state index in [4.69, 9.17) is 11.6 Å². The number of β-amino-alcohol motifs (C(OH)–C–C–N with tert-alkyl or cyclic N) is 2. The molecule has 1 aromatic rings. The minimum absolute atomic E-state index is 0.155. The van der Waals surface area contributed by atoms with Crippen molar-refractivity contribution in [3.05, 3.63) is 32.8 Å². The molecule has 2 rings (SSSR count). The Kier molecular flexibility index (Phi) is 4.22. The Morgan fingerprint density at radius 2 is 1.86 bits per heavy atom. The fourth-order valence-electron chi connectivity index (χ4n) is 2.13. The van der Waals surface area contributed by atoms with Crippen LogP contribution in [-0.2, 0) is 10.0 Å². The highest BCUT2D eigenvalue weighted by Crippen LogP contribution is 2.32. The van der Waals surface area contributed by atoms with E-state index in [1.54, 1.807) is 0 Å². The van der Waals surface area contributed by atoms with Crippen LogP contribution in [0, 0.1) is 17.0 Å². The molecule has 21 heavy (non-hydrogen) atoms. The van der Waals surface area contributed by atoms with Crippen LogP contribution in [0.4, 0.5) is 5.69 Å². The lowest BCUT2D eigenvalue weighted by Crippen LogP contribution is -2.30. The summed E-state index contributed by atoms with van der Waals surface area (Å²) >= 11 is 5.72. The molecule has 0 aliphatic carbocycles. The van der Waals surface area contributed by atoms with Gasteiger partial charge in [-0.25, -0.2) is 8.42 Å². The lowest BCUT2D eigenvalue weighted by atomic mass is 10.2. The maximum atomic E-state index is 12.5. The highest BCUT2D eigenvalue weighted by atomic mass is 35.5. The van der Waals surface area contributed by atoms with Crippen LogP contribution >= 0.6 is 11.6 Å². The van der Waals surface area contributed by atoms with Crippen LogP contribution < -0.4 is 0 Å². The van der Waals surface area contributed by atoms with Gasteiger partial charge >= 0.3 is 0 Å².